The van der Waals surface area contributed by atoms with Crippen molar-refractivity contribution in [2.45, 2.75) is 57.9 Å². The summed E-state index contributed by atoms with van der Waals surface area (Å²) in [7, 11) is 4.14. The molecule has 0 saturated heterocycles. The number of carbonyl (C=O) groups excluding carboxylic acids is 1. The van der Waals surface area contributed by atoms with E-state index in [2.05, 4.69) is 55.5 Å². The van der Waals surface area contributed by atoms with Crippen LogP contribution in [-0.4, -0.2) is 31.4 Å². The third-order valence-corrected chi connectivity index (χ3v) is 5.08. The number of nitrogens with zero attached hydrogens (tertiary/aromatic N) is 1. The highest BCUT2D eigenvalue weighted by molar-refractivity contribution is 5.75. The predicted molar refractivity (Wildman–Crippen MR) is 96.4 cm³/mol. The molecule has 0 spiro atoms. The van der Waals surface area contributed by atoms with Crippen molar-refractivity contribution in [3.63, 3.8) is 0 Å². The number of benzene rings is 1. The van der Waals surface area contributed by atoms with E-state index >= 15 is 0 Å². The van der Waals surface area contributed by atoms with Crippen LogP contribution in [0.4, 0.5) is 0 Å². The molecule has 1 fully saturated rings. The van der Waals surface area contributed by atoms with Crippen molar-refractivity contribution in [3.8, 4) is 0 Å². The fourth-order valence-electron chi connectivity index (χ4n) is 3.50. The van der Waals surface area contributed by atoms with E-state index in [1.165, 1.54) is 43.2 Å². The molecule has 1 aliphatic rings. The van der Waals surface area contributed by atoms with Crippen LogP contribution in [0.15, 0.2) is 24.3 Å². The summed E-state index contributed by atoms with van der Waals surface area (Å²) in [5.41, 5.74) is 2.52. The van der Waals surface area contributed by atoms with Crippen molar-refractivity contribution in [1.82, 2.24) is 10.2 Å². The number of carbonyl (C=O) groups is 1. The molecule has 0 heterocycles. The molecule has 1 saturated carbocycles. The fourth-order valence-corrected chi connectivity index (χ4v) is 3.50. The van der Waals surface area contributed by atoms with E-state index in [-0.39, 0.29) is 11.9 Å². The Morgan fingerprint density at radius 3 is 2.43 bits per heavy atom. The average molecular weight is 316 g/mol. The van der Waals surface area contributed by atoms with Gasteiger partial charge in [-0.2, -0.15) is 0 Å². The topological polar surface area (TPSA) is 32.3 Å². The Kier molecular flexibility index (Phi) is 7.10. The summed E-state index contributed by atoms with van der Waals surface area (Å²) in [5, 5.41) is 3.14. The molecule has 1 amide bonds. The number of nitrogens with one attached hydrogen (secondary N) is 1. The minimum Gasteiger partial charge on any atom is -0.354 e. The van der Waals surface area contributed by atoms with Crippen molar-refractivity contribution < 1.29 is 4.79 Å². The average Bonchev–Trinajstić information content (AvgIpc) is 2.55. The summed E-state index contributed by atoms with van der Waals surface area (Å²) in [6, 6.07) is 8.82. The van der Waals surface area contributed by atoms with Gasteiger partial charge in [-0.1, -0.05) is 61.9 Å². The SMILES string of the molecule is Cc1ccc([C@H](CNC(=O)CCC2CCCCC2)N(C)C)cc1. The molecule has 0 aromatic heterocycles. The smallest absolute Gasteiger partial charge is 0.220 e. The molecule has 3 heteroatoms. The number of hydrogen-bond donors (Lipinski definition) is 1. The molecule has 0 bridgehead atoms. The Bertz CT molecular complexity index is 475. The molecule has 1 atom stereocenters. The van der Waals surface area contributed by atoms with E-state index in [0.717, 1.165) is 12.3 Å². The van der Waals surface area contributed by atoms with Crippen LogP contribution < -0.4 is 5.32 Å². The first-order valence-corrected chi connectivity index (χ1v) is 9.06. The minimum absolute atomic E-state index is 0.203. The zero-order chi connectivity index (χ0) is 16.7. The van der Waals surface area contributed by atoms with Gasteiger partial charge in [-0.15, -0.1) is 0 Å². The van der Waals surface area contributed by atoms with Gasteiger partial charge in [0.2, 0.25) is 5.91 Å². The van der Waals surface area contributed by atoms with Gasteiger partial charge in [-0.3, -0.25) is 4.79 Å². The third kappa shape index (κ3) is 5.98. The molecule has 1 N–H and O–H groups in total. The molecule has 2 rings (SSSR count). The Balaban J connectivity index is 1.78. The van der Waals surface area contributed by atoms with E-state index in [4.69, 9.17) is 0 Å². The lowest BCUT2D eigenvalue weighted by atomic mass is 9.86. The number of rotatable bonds is 7. The van der Waals surface area contributed by atoms with E-state index < -0.39 is 0 Å². The molecule has 1 aromatic rings. The largest absolute Gasteiger partial charge is 0.354 e. The summed E-state index contributed by atoms with van der Waals surface area (Å²) in [6.07, 6.45) is 8.45. The highest BCUT2D eigenvalue weighted by atomic mass is 16.1. The van der Waals surface area contributed by atoms with Crippen LogP contribution in [0, 0.1) is 12.8 Å². The van der Waals surface area contributed by atoms with Crippen LogP contribution in [0.3, 0.4) is 0 Å². The summed E-state index contributed by atoms with van der Waals surface area (Å²) in [4.78, 5) is 14.3. The van der Waals surface area contributed by atoms with Gasteiger partial charge in [0.25, 0.3) is 0 Å². The van der Waals surface area contributed by atoms with Crippen LogP contribution in [0.1, 0.15) is 62.1 Å². The Morgan fingerprint density at radius 1 is 1.17 bits per heavy atom. The standard InChI is InChI=1S/C20H32N2O/c1-16-9-12-18(13-10-16)19(22(2)3)15-21-20(23)14-11-17-7-5-4-6-8-17/h9-10,12-13,17,19H,4-8,11,14-15H2,1-3H3,(H,21,23)/t19-/m0/s1. The van der Waals surface area contributed by atoms with E-state index in [1.54, 1.807) is 0 Å². The number of aryl methyl sites for hydroxylation is 1. The van der Waals surface area contributed by atoms with Gasteiger partial charge in [0.1, 0.15) is 0 Å². The van der Waals surface area contributed by atoms with Crippen molar-refractivity contribution in [2.24, 2.45) is 5.92 Å². The lowest BCUT2D eigenvalue weighted by molar-refractivity contribution is -0.121. The lowest BCUT2D eigenvalue weighted by Crippen LogP contribution is -2.34. The van der Waals surface area contributed by atoms with Crippen LogP contribution >= 0.6 is 0 Å². The van der Waals surface area contributed by atoms with Crippen LogP contribution in [0.5, 0.6) is 0 Å². The third-order valence-electron chi connectivity index (χ3n) is 5.08. The summed E-state index contributed by atoms with van der Waals surface area (Å²) < 4.78 is 0. The molecule has 0 unspecified atom stereocenters. The second kappa shape index (κ2) is 9.07. The molecule has 0 radical (unpaired) electrons. The van der Waals surface area contributed by atoms with E-state index in [1.807, 2.05) is 0 Å². The van der Waals surface area contributed by atoms with Gasteiger partial charge < -0.3 is 10.2 Å². The van der Waals surface area contributed by atoms with Gasteiger partial charge in [0.05, 0.1) is 6.04 Å². The van der Waals surface area contributed by atoms with Gasteiger partial charge in [-0.25, -0.2) is 0 Å². The first kappa shape index (κ1) is 18.0. The molecular formula is C20H32N2O. The second-order valence-electron chi connectivity index (χ2n) is 7.24. The Hall–Kier alpha value is -1.35. The maximum atomic E-state index is 12.2. The zero-order valence-corrected chi connectivity index (χ0v) is 15.0. The van der Waals surface area contributed by atoms with Crippen LogP contribution in [0.2, 0.25) is 0 Å². The lowest BCUT2D eigenvalue weighted by Gasteiger charge is -2.25. The summed E-state index contributed by atoms with van der Waals surface area (Å²) >= 11 is 0. The Morgan fingerprint density at radius 2 is 1.83 bits per heavy atom. The highest BCUT2D eigenvalue weighted by Crippen LogP contribution is 2.27. The molecule has 23 heavy (non-hydrogen) atoms. The molecule has 128 valence electrons. The van der Waals surface area contributed by atoms with E-state index in [9.17, 15) is 4.79 Å². The summed E-state index contributed by atoms with van der Waals surface area (Å²) in [6.45, 7) is 2.78. The van der Waals surface area contributed by atoms with Crippen LogP contribution in [0.25, 0.3) is 0 Å². The minimum atomic E-state index is 0.203. The van der Waals surface area contributed by atoms with Crippen molar-refractivity contribution in [2.75, 3.05) is 20.6 Å². The second-order valence-corrected chi connectivity index (χ2v) is 7.24. The quantitative estimate of drug-likeness (QED) is 0.822. The van der Waals surface area contributed by atoms with Crippen molar-refractivity contribution in [1.29, 1.82) is 0 Å². The molecule has 3 nitrogen and oxygen atoms in total. The molecular weight excluding hydrogens is 284 g/mol. The van der Waals surface area contributed by atoms with Gasteiger partial charge in [0, 0.05) is 13.0 Å². The Labute approximate surface area is 141 Å². The summed E-state index contributed by atoms with van der Waals surface area (Å²) in [5.74, 6) is 0.978. The maximum Gasteiger partial charge on any atom is 0.220 e. The molecule has 1 aliphatic carbocycles. The zero-order valence-electron chi connectivity index (χ0n) is 15.0. The predicted octanol–water partition coefficient (Wildman–Crippen LogP) is 4.07. The molecule has 1 aromatic carbocycles. The van der Waals surface area contributed by atoms with E-state index in [0.29, 0.717) is 13.0 Å². The normalized spacial score (nSPS) is 17.2. The first-order valence-electron chi connectivity index (χ1n) is 9.06. The highest BCUT2D eigenvalue weighted by Gasteiger charge is 2.17. The first-order chi connectivity index (χ1) is 11.1. The van der Waals surface area contributed by atoms with Gasteiger partial charge >= 0.3 is 0 Å². The number of likely N-dealkylation sites (N-methyl/N-ethyl adjacent to an activating group) is 1. The molecule has 0 aliphatic heterocycles. The fraction of sp³-hybridized carbons (Fsp3) is 0.650. The van der Waals surface area contributed by atoms with Gasteiger partial charge in [0.15, 0.2) is 0 Å². The van der Waals surface area contributed by atoms with Crippen LogP contribution in [-0.2, 0) is 4.79 Å². The maximum absolute atomic E-state index is 12.2. The van der Waals surface area contributed by atoms with Crippen molar-refractivity contribution >= 4 is 5.91 Å². The number of amides is 1. The monoisotopic (exact) mass is 316 g/mol. The number of hydrogen-bond acceptors (Lipinski definition) is 2. The van der Waals surface area contributed by atoms with Gasteiger partial charge in [-0.05, 0) is 38.9 Å². The van der Waals surface area contributed by atoms with Crippen molar-refractivity contribution in [3.05, 3.63) is 35.4 Å².